The van der Waals surface area contributed by atoms with Crippen LogP contribution in [0, 0.1) is 10.1 Å². The van der Waals surface area contributed by atoms with E-state index in [1.165, 1.54) is 18.5 Å². The molecule has 0 aliphatic rings. The minimum atomic E-state index is -0.429. The molecule has 0 aliphatic carbocycles. The van der Waals surface area contributed by atoms with E-state index in [0.717, 1.165) is 6.54 Å². The maximum atomic E-state index is 10.9. The van der Waals surface area contributed by atoms with Crippen molar-refractivity contribution in [2.45, 2.75) is 6.54 Å². The summed E-state index contributed by atoms with van der Waals surface area (Å²) >= 11 is 0. The second-order valence-corrected chi connectivity index (χ2v) is 4.41. The average Bonchev–Trinajstić information content (AvgIpc) is 3.00. The number of nitrogens with one attached hydrogen (secondary N) is 1. The smallest absolute Gasteiger partial charge is 0.270 e. The average molecular weight is 284 g/mol. The third-order valence-corrected chi connectivity index (χ3v) is 3.05. The lowest BCUT2D eigenvalue weighted by molar-refractivity contribution is -0.384. The number of benzene rings is 1. The van der Waals surface area contributed by atoms with Crippen LogP contribution in [-0.2, 0) is 6.54 Å². The Morgan fingerprint density at radius 3 is 3.00 bits per heavy atom. The van der Waals surface area contributed by atoms with Gasteiger partial charge in [0.15, 0.2) is 0 Å². The zero-order valence-electron chi connectivity index (χ0n) is 11.0. The number of anilines is 1. The van der Waals surface area contributed by atoms with Gasteiger partial charge in [0.05, 0.1) is 16.8 Å². The van der Waals surface area contributed by atoms with Crippen molar-refractivity contribution >= 4 is 22.4 Å². The molecule has 0 atom stereocenters. The Balaban J connectivity index is 1.83. The van der Waals surface area contributed by atoms with Gasteiger partial charge in [-0.3, -0.25) is 10.1 Å². The Hall–Kier alpha value is -3.03. The molecule has 1 N–H and O–H groups in total. The summed E-state index contributed by atoms with van der Waals surface area (Å²) in [6.07, 6.45) is 6.74. The molecule has 0 radical (unpaired) electrons. The molecule has 8 nitrogen and oxygen atoms in total. The number of nitro groups is 1. The van der Waals surface area contributed by atoms with E-state index in [0.29, 0.717) is 23.3 Å². The van der Waals surface area contributed by atoms with E-state index < -0.39 is 4.92 Å². The minimum absolute atomic E-state index is 0.0231. The number of nitrogens with zero attached hydrogens (tertiary/aromatic N) is 5. The van der Waals surface area contributed by atoms with Crippen molar-refractivity contribution < 1.29 is 4.92 Å². The standard InChI is InChI=1S/C13H12N6O2/c20-19(21)10-1-2-12-11(7-10)13(17-8-16-12)15-4-6-18-5-3-14-9-18/h1-3,5,7-9H,4,6H2,(H,15,16,17). The van der Waals surface area contributed by atoms with Crippen LogP contribution in [0.2, 0.25) is 0 Å². The van der Waals surface area contributed by atoms with Gasteiger partial charge in [0.2, 0.25) is 0 Å². The van der Waals surface area contributed by atoms with Crippen LogP contribution in [0.3, 0.4) is 0 Å². The number of nitro benzene ring substituents is 1. The monoisotopic (exact) mass is 284 g/mol. The molecule has 0 aliphatic heterocycles. The lowest BCUT2D eigenvalue weighted by atomic mass is 10.2. The van der Waals surface area contributed by atoms with Crippen molar-refractivity contribution in [2.24, 2.45) is 0 Å². The Morgan fingerprint density at radius 2 is 2.24 bits per heavy atom. The number of rotatable bonds is 5. The van der Waals surface area contributed by atoms with E-state index in [1.807, 2.05) is 10.8 Å². The summed E-state index contributed by atoms with van der Waals surface area (Å²) in [5, 5.41) is 14.7. The molecule has 0 bridgehead atoms. The molecule has 0 fully saturated rings. The molecule has 3 rings (SSSR count). The highest BCUT2D eigenvalue weighted by Gasteiger charge is 2.10. The second-order valence-electron chi connectivity index (χ2n) is 4.41. The number of aromatic nitrogens is 4. The van der Waals surface area contributed by atoms with Crippen LogP contribution in [0.15, 0.2) is 43.2 Å². The molecule has 106 valence electrons. The van der Waals surface area contributed by atoms with Crippen LogP contribution in [0.1, 0.15) is 0 Å². The fourth-order valence-corrected chi connectivity index (χ4v) is 2.02. The summed E-state index contributed by atoms with van der Waals surface area (Å²) < 4.78 is 1.93. The predicted molar refractivity (Wildman–Crippen MR) is 76.9 cm³/mol. The lowest BCUT2D eigenvalue weighted by Crippen LogP contribution is -2.10. The summed E-state index contributed by atoms with van der Waals surface area (Å²) in [7, 11) is 0. The molecule has 0 spiro atoms. The van der Waals surface area contributed by atoms with E-state index in [4.69, 9.17) is 0 Å². The van der Waals surface area contributed by atoms with Gasteiger partial charge in [-0.2, -0.15) is 0 Å². The van der Waals surface area contributed by atoms with Gasteiger partial charge in [0, 0.05) is 43.0 Å². The number of imidazole rings is 1. The zero-order valence-corrected chi connectivity index (χ0v) is 11.0. The van der Waals surface area contributed by atoms with Crippen LogP contribution in [-0.4, -0.2) is 31.0 Å². The first-order valence-electron chi connectivity index (χ1n) is 6.33. The molecule has 8 heteroatoms. The summed E-state index contributed by atoms with van der Waals surface area (Å²) in [4.78, 5) is 22.7. The van der Waals surface area contributed by atoms with E-state index in [9.17, 15) is 10.1 Å². The molecule has 0 saturated heterocycles. The summed E-state index contributed by atoms with van der Waals surface area (Å²) in [5.41, 5.74) is 0.690. The first-order valence-corrected chi connectivity index (χ1v) is 6.33. The van der Waals surface area contributed by atoms with Gasteiger partial charge in [-0.1, -0.05) is 0 Å². The number of non-ortho nitro benzene ring substituents is 1. The molecule has 3 aromatic rings. The topological polar surface area (TPSA) is 98.8 Å². The molecular formula is C13H12N6O2. The van der Waals surface area contributed by atoms with E-state index in [1.54, 1.807) is 18.6 Å². The van der Waals surface area contributed by atoms with Crippen LogP contribution >= 0.6 is 0 Å². The van der Waals surface area contributed by atoms with Crippen molar-refractivity contribution in [3.8, 4) is 0 Å². The second kappa shape index (κ2) is 5.53. The highest BCUT2D eigenvalue weighted by atomic mass is 16.6. The SMILES string of the molecule is O=[N+]([O-])c1ccc2ncnc(NCCn3ccnc3)c2c1. The molecule has 21 heavy (non-hydrogen) atoms. The fourth-order valence-electron chi connectivity index (χ4n) is 2.02. The van der Waals surface area contributed by atoms with Gasteiger partial charge >= 0.3 is 0 Å². The van der Waals surface area contributed by atoms with Crippen LogP contribution in [0.4, 0.5) is 11.5 Å². The van der Waals surface area contributed by atoms with Crippen LogP contribution < -0.4 is 5.32 Å². The molecule has 0 amide bonds. The first-order chi connectivity index (χ1) is 10.2. The van der Waals surface area contributed by atoms with Gasteiger partial charge in [0.1, 0.15) is 12.1 Å². The Bertz CT molecular complexity index is 771. The highest BCUT2D eigenvalue weighted by molar-refractivity contribution is 5.90. The summed E-state index contributed by atoms with van der Waals surface area (Å²) in [6.45, 7) is 1.35. The molecule has 0 unspecified atom stereocenters. The third kappa shape index (κ3) is 2.78. The fraction of sp³-hybridized carbons (Fsp3) is 0.154. The maximum absolute atomic E-state index is 10.9. The van der Waals surface area contributed by atoms with Crippen molar-refractivity contribution in [1.82, 2.24) is 19.5 Å². The van der Waals surface area contributed by atoms with Gasteiger partial charge in [-0.15, -0.1) is 0 Å². The van der Waals surface area contributed by atoms with Crippen molar-refractivity contribution in [1.29, 1.82) is 0 Å². The molecule has 1 aromatic carbocycles. The highest BCUT2D eigenvalue weighted by Crippen LogP contribution is 2.24. The maximum Gasteiger partial charge on any atom is 0.270 e. The quantitative estimate of drug-likeness (QED) is 0.567. The van der Waals surface area contributed by atoms with E-state index in [2.05, 4.69) is 20.3 Å². The molecule has 0 saturated carbocycles. The third-order valence-electron chi connectivity index (χ3n) is 3.05. The molecule has 2 heterocycles. The van der Waals surface area contributed by atoms with E-state index >= 15 is 0 Å². The Kier molecular flexibility index (Phi) is 3.42. The van der Waals surface area contributed by atoms with Gasteiger partial charge in [-0.25, -0.2) is 15.0 Å². The largest absolute Gasteiger partial charge is 0.368 e. The summed E-state index contributed by atoms with van der Waals surface area (Å²) in [6, 6.07) is 4.54. The van der Waals surface area contributed by atoms with Gasteiger partial charge in [0.25, 0.3) is 5.69 Å². The normalized spacial score (nSPS) is 10.7. The summed E-state index contributed by atoms with van der Waals surface area (Å²) in [5.74, 6) is 0.587. The predicted octanol–water partition coefficient (Wildman–Crippen LogP) is 1.85. The zero-order chi connectivity index (χ0) is 14.7. The minimum Gasteiger partial charge on any atom is -0.368 e. The van der Waals surface area contributed by atoms with Crippen molar-refractivity contribution in [2.75, 3.05) is 11.9 Å². The molecule has 2 aromatic heterocycles. The van der Waals surface area contributed by atoms with Crippen LogP contribution in [0.5, 0.6) is 0 Å². The Labute approximate surface area is 119 Å². The van der Waals surface area contributed by atoms with Gasteiger partial charge in [-0.05, 0) is 6.07 Å². The number of hydrogen-bond acceptors (Lipinski definition) is 6. The Morgan fingerprint density at radius 1 is 1.33 bits per heavy atom. The van der Waals surface area contributed by atoms with Gasteiger partial charge < -0.3 is 9.88 Å². The molecular weight excluding hydrogens is 272 g/mol. The van der Waals surface area contributed by atoms with E-state index in [-0.39, 0.29) is 5.69 Å². The lowest BCUT2D eigenvalue weighted by Gasteiger charge is -2.08. The number of hydrogen-bond donors (Lipinski definition) is 1. The van der Waals surface area contributed by atoms with Crippen molar-refractivity contribution in [3.05, 3.63) is 53.4 Å². The van der Waals surface area contributed by atoms with Crippen molar-refractivity contribution in [3.63, 3.8) is 0 Å². The first kappa shape index (κ1) is 13.0. The number of fused-ring (bicyclic) bond motifs is 1. The van der Waals surface area contributed by atoms with Crippen LogP contribution in [0.25, 0.3) is 10.9 Å².